The monoisotopic (exact) mass is 367 g/mol. The van der Waals surface area contributed by atoms with Crippen molar-refractivity contribution in [1.29, 1.82) is 0 Å². The van der Waals surface area contributed by atoms with Gasteiger partial charge in [-0.25, -0.2) is 0 Å². The maximum atomic E-state index is 11.8. The summed E-state index contributed by atoms with van der Waals surface area (Å²) in [5, 5.41) is 16.0. The van der Waals surface area contributed by atoms with Crippen LogP contribution in [0.25, 0.3) is 0 Å². The summed E-state index contributed by atoms with van der Waals surface area (Å²) in [7, 11) is 0. The highest BCUT2D eigenvalue weighted by Gasteiger charge is 2.34. The summed E-state index contributed by atoms with van der Waals surface area (Å²) in [6, 6.07) is 5.56. The Labute approximate surface area is 143 Å². The van der Waals surface area contributed by atoms with Crippen molar-refractivity contribution in [2.24, 2.45) is 5.92 Å². The van der Waals surface area contributed by atoms with Crippen molar-refractivity contribution in [3.8, 4) is 0 Å². The molecule has 22 heavy (non-hydrogen) atoms. The van der Waals surface area contributed by atoms with Crippen LogP contribution in [0.4, 0.5) is 11.4 Å². The van der Waals surface area contributed by atoms with E-state index >= 15 is 0 Å². The first-order chi connectivity index (χ1) is 10.1. The van der Waals surface area contributed by atoms with E-state index < -0.39 is 14.9 Å². The smallest absolute Gasteiger partial charge is 0.269 e. The fourth-order valence-electron chi connectivity index (χ4n) is 1.64. The zero-order chi connectivity index (χ0) is 16.9. The second-order valence-corrected chi connectivity index (χ2v) is 7.46. The Hall–Kier alpha value is -1.24. The number of nitrogens with zero attached hydrogens (tertiary/aromatic N) is 1. The predicted molar refractivity (Wildman–Crippen MR) is 88.4 cm³/mol. The van der Waals surface area contributed by atoms with Crippen LogP contribution >= 0.6 is 34.8 Å². The van der Waals surface area contributed by atoms with Gasteiger partial charge in [-0.05, 0) is 18.1 Å². The molecule has 0 aliphatic rings. The fourth-order valence-corrected chi connectivity index (χ4v) is 1.96. The molecular formula is C13H16Cl3N3O3. The summed E-state index contributed by atoms with van der Waals surface area (Å²) in [6.45, 7) is 3.79. The van der Waals surface area contributed by atoms with Gasteiger partial charge in [0.1, 0.15) is 6.17 Å². The molecule has 1 aromatic carbocycles. The minimum Gasteiger partial charge on any atom is -0.362 e. The van der Waals surface area contributed by atoms with E-state index in [-0.39, 0.29) is 17.5 Å². The number of rotatable bonds is 6. The van der Waals surface area contributed by atoms with E-state index in [1.165, 1.54) is 24.3 Å². The van der Waals surface area contributed by atoms with E-state index in [0.717, 1.165) is 0 Å². The number of carbonyl (C=O) groups excluding carboxylic acids is 1. The number of anilines is 1. The zero-order valence-electron chi connectivity index (χ0n) is 12.0. The molecule has 0 spiro atoms. The number of nitro groups is 1. The van der Waals surface area contributed by atoms with Crippen LogP contribution in [0.5, 0.6) is 0 Å². The van der Waals surface area contributed by atoms with Crippen molar-refractivity contribution < 1.29 is 9.72 Å². The molecule has 0 aliphatic heterocycles. The van der Waals surface area contributed by atoms with Crippen molar-refractivity contribution >= 4 is 52.1 Å². The molecule has 0 aliphatic carbocycles. The van der Waals surface area contributed by atoms with Crippen LogP contribution in [0.1, 0.15) is 20.3 Å². The van der Waals surface area contributed by atoms with Gasteiger partial charge in [-0.2, -0.15) is 0 Å². The molecule has 1 unspecified atom stereocenters. The number of alkyl halides is 3. The normalized spacial score (nSPS) is 12.8. The molecule has 9 heteroatoms. The van der Waals surface area contributed by atoms with Crippen molar-refractivity contribution in [2.75, 3.05) is 5.32 Å². The van der Waals surface area contributed by atoms with Crippen molar-refractivity contribution in [2.45, 2.75) is 30.2 Å². The standard InChI is InChI=1S/C13H16Cl3N3O3/c1-8(2)7-11(20)18-12(13(14,15)16)17-9-3-5-10(6-4-9)19(21)22/h3-6,8,12,17H,7H2,1-2H3,(H,18,20). The van der Waals surface area contributed by atoms with E-state index in [1.54, 1.807) is 0 Å². The van der Waals surface area contributed by atoms with E-state index in [1.807, 2.05) is 13.8 Å². The summed E-state index contributed by atoms with van der Waals surface area (Å²) >= 11 is 17.6. The van der Waals surface area contributed by atoms with Gasteiger partial charge in [0.2, 0.25) is 9.70 Å². The number of benzene rings is 1. The zero-order valence-corrected chi connectivity index (χ0v) is 14.2. The molecule has 0 bridgehead atoms. The van der Waals surface area contributed by atoms with Gasteiger partial charge in [-0.1, -0.05) is 48.7 Å². The van der Waals surface area contributed by atoms with Crippen LogP contribution in [0.3, 0.4) is 0 Å². The average molecular weight is 369 g/mol. The SMILES string of the molecule is CC(C)CC(=O)NC(Nc1ccc([N+](=O)[O-])cc1)C(Cl)(Cl)Cl. The second kappa shape index (κ2) is 7.85. The quantitative estimate of drug-likeness (QED) is 0.345. The maximum absolute atomic E-state index is 11.8. The lowest BCUT2D eigenvalue weighted by atomic mass is 10.1. The van der Waals surface area contributed by atoms with E-state index in [0.29, 0.717) is 12.1 Å². The molecule has 1 amide bonds. The first-order valence-corrected chi connectivity index (χ1v) is 7.60. The van der Waals surface area contributed by atoms with Crippen LogP contribution in [0, 0.1) is 16.0 Å². The Balaban J connectivity index is 2.81. The maximum Gasteiger partial charge on any atom is 0.269 e. The molecule has 0 radical (unpaired) electrons. The van der Waals surface area contributed by atoms with Crippen LogP contribution < -0.4 is 10.6 Å². The molecule has 0 aromatic heterocycles. The Bertz CT molecular complexity index is 530. The third kappa shape index (κ3) is 6.25. The number of nitro benzene ring substituents is 1. The van der Waals surface area contributed by atoms with Gasteiger partial charge in [0.05, 0.1) is 4.92 Å². The Morgan fingerprint density at radius 1 is 1.27 bits per heavy atom. The largest absolute Gasteiger partial charge is 0.362 e. The summed E-state index contributed by atoms with van der Waals surface area (Å²) < 4.78 is -1.78. The first kappa shape index (κ1) is 18.8. The first-order valence-electron chi connectivity index (χ1n) is 6.46. The van der Waals surface area contributed by atoms with E-state index in [9.17, 15) is 14.9 Å². The summed E-state index contributed by atoms with van der Waals surface area (Å²) in [5.74, 6) is -0.101. The number of non-ortho nitro benzene ring substituents is 1. The molecule has 2 N–H and O–H groups in total. The van der Waals surface area contributed by atoms with E-state index in [4.69, 9.17) is 34.8 Å². The summed E-state index contributed by atoms with van der Waals surface area (Å²) in [4.78, 5) is 21.9. The van der Waals surface area contributed by atoms with Gasteiger partial charge >= 0.3 is 0 Å². The molecule has 1 rings (SSSR count). The molecule has 0 heterocycles. The van der Waals surface area contributed by atoms with Gasteiger partial charge in [0.15, 0.2) is 0 Å². The Kier molecular flexibility index (Phi) is 6.71. The summed E-state index contributed by atoms with van der Waals surface area (Å²) in [6.07, 6.45) is -0.677. The highest BCUT2D eigenvalue weighted by molar-refractivity contribution is 6.68. The minimum absolute atomic E-state index is 0.0557. The predicted octanol–water partition coefficient (Wildman–Crippen LogP) is 3.87. The molecule has 0 saturated carbocycles. The lowest BCUT2D eigenvalue weighted by molar-refractivity contribution is -0.384. The Morgan fingerprint density at radius 2 is 1.82 bits per heavy atom. The number of hydrogen-bond donors (Lipinski definition) is 2. The molecule has 0 fully saturated rings. The summed E-state index contributed by atoms with van der Waals surface area (Å²) in [5.41, 5.74) is 0.423. The van der Waals surface area contributed by atoms with Crippen LogP contribution in [0.2, 0.25) is 0 Å². The number of halogens is 3. The van der Waals surface area contributed by atoms with Gasteiger partial charge in [-0.15, -0.1) is 0 Å². The number of carbonyl (C=O) groups is 1. The molecule has 6 nitrogen and oxygen atoms in total. The van der Waals surface area contributed by atoms with Gasteiger partial charge in [0.25, 0.3) is 5.69 Å². The van der Waals surface area contributed by atoms with Crippen LogP contribution in [0.15, 0.2) is 24.3 Å². The third-order valence-corrected chi connectivity index (χ3v) is 3.27. The molecule has 122 valence electrons. The lowest BCUT2D eigenvalue weighted by Gasteiger charge is -2.27. The number of nitrogens with one attached hydrogen (secondary N) is 2. The minimum atomic E-state index is -1.78. The van der Waals surface area contributed by atoms with Crippen molar-refractivity contribution in [3.63, 3.8) is 0 Å². The third-order valence-electron chi connectivity index (χ3n) is 2.62. The Morgan fingerprint density at radius 3 is 2.23 bits per heavy atom. The second-order valence-electron chi connectivity index (χ2n) is 5.09. The van der Waals surface area contributed by atoms with Crippen LogP contribution in [-0.2, 0) is 4.79 Å². The highest BCUT2D eigenvalue weighted by atomic mass is 35.6. The highest BCUT2D eigenvalue weighted by Crippen LogP contribution is 2.31. The molecular weight excluding hydrogens is 353 g/mol. The number of amides is 1. The molecule has 1 aromatic rings. The fraction of sp³-hybridized carbons (Fsp3) is 0.462. The topological polar surface area (TPSA) is 84.3 Å². The van der Waals surface area contributed by atoms with Gasteiger partial charge < -0.3 is 10.6 Å². The molecule has 1 atom stereocenters. The number of hydrogen-bond acceptors (Lipinski definition) is 4. The van der Waals surface area contributed by atoms with Crippen LogP contribution in [-0.4, -0.2) is 20.8 Å². The van der Waals surface area contributed by atoms with Gasteiger partial charge in [0, 0.05) is 24.2 Å². The van der Waals surface area contributed by atoms with Gasteiger partial charge in [-0.3, -0.25) is 14.9 Å². The average Bonchev–Trinajstić information content (AvgIpc) is 2.36. The van der Waals surface area contributed by atoms with Crippen molar-refractivity contribution in [1.82, 2.24) is 5.32 Å². The molecule has 0 saturated heterocycles. The van der Waals surface area contributed by atoms with E-state index in [2.05, 4.69) is 10.6 Å². The lowest BCUT2D eigenvalue weighted by Crippen LogP contribution is -2.49. The van der Waals surface area contributed by atoms with Crippen molar-refractivity contribution in [3.05, 3.63) is 34.4 Å².